The second kappa shape index (κ2) is 4.42. The lowest BCUT2D eigenvalue weighted by Gasteiger charge is -2.34. The summed E-state index contributed by atoms with van der Waals surface area (Å²) in [6, 6.07) is 9.22. The lowest BCUT2D eigenvalue weighted by molar-refractivity contribution is 0.402. The molecule has 0 saturated heterocycles. The summed E-state index contributed by atoms with van der Waals surface area (Å²) in [5.74, 6) is 0.859. The standard InChI is InChI=1S/C16H21Br/c1-16(10-9-13(17)11-16)15-8-3-2-7-14(15)12-5-4-6-12/h2-3,7-8,12-13H,4-6,9-11H2,1H3. The third kappa shape index (κ3) is 2.07. The van der Waals surface area contributed by atoms with Crippen LogP contribution in [0.15, 0.2) is 24.3 Å². The van der Waals surface area contributed by atoms with E-state index in [1.54, 1.807) is 11.1 Å². The van der Waals surface area contributed by atoms with E-state index < -0.39 is 0 Å². The van der Waals surface area contributed by atoms with Gasteiger partial charge in [0.05, 0.1) is 0 Å². The molecule has 3 rings (SSSR count). The summed E-state index contributed by atoms with van der Waals surface area (Å²) in [4.78, 5) is 0.724. The molecule has 2 aliphatic carbocycles. The Balaban J connectivity index is 1.96. The summed E-state index contributed by atoms with van der Waals surface area (Å²) in [5.41, 5.74) is 3.72. The van der Waals surface area contributed by atoms with E-state index in [9.17, 15) is 0 Å². The Morgan fingerprint density at radius 2 is 1.94 bits per heavy atom. The van der Waals surface area contributed by atoms with Crippen molar-refractivity contribution in [2.75, 3.05) is 0 Å². The first-order chi connectivity index (χ1) is 8.19. The maximum Gasteiger partial charge on any atom is 0.0154 e. The van der Waals surface area contributed by atoms with E-state index in [1.807, 2.05) is 0 Å². The largest absolute Gasteiger partial charge is 0.0890 e. The minimum atomic E-state index is 0.417. The lowest BCUT2D eigenvalue weighted by atomic mass is 9.71. The maximum atomic E-state index is 3.80. The average Bonchev–Trinajstić information content (AvgIpc) is 2.58. The van der Waals surface area contributed by atoms with Gasteiger partial charge >= 0.3 is 0 Å². The first-order valence-electron chi connectivity index (χ1n) is 6.92. The molecule has 0 aliphatic heterocycles. The van der Waals surface area contributed by atoms with Crippen LogP contribution in [0.4, 0.5) is 0 Å². The van der Waals surface area contributed by atoms with Crippen molar-refractivity contribution in [1.82, 2.24) is 0 Å². The van der Waals surface area contributed by atoms with E-state index in [0.717, 1.165) is 10.7 Å². The summed E-state index contributed by atoms with van der Waals surface area (Å²) in [6.07, 6.45) is 8.21. The Morgan fingerprint density at radius 3 is 2.53 bits per heavy atom. The molecule has 0 radical (unpaired) electrons. The summed E-state index contributed by atoms with van der Waals surface area (Å²) in [5, 5.41) is 0. The molecule has 1 aromatic rings. The monoisotopic (exact) mass is 292 g/mol. The minimum absolute atomic E-state index is 0.417. The molecule has 17 heavy (non-hydrogen) atoms. The Labute approximate surface area is 113 Å². The van der Waals surface area contributed by atoms with E-state index in [0.29, 0.717) is 5.41 Å². The van der Waals surface area contributed by atoms with Gasteiger partial charge < -0.3 is 0 Å². The molecule has 2 unspecified atom stereocenters. The van der Waals surface area contributed by atoms with Gasteiger partial charge in [-0.2, -0.15) is 0 Å². The molecule has 2 aliphatic rings. The van der Waals surface area contributed by atoms with Crippen molar-refractivity contribution in [3.63, 3.8) is 0 Å². The highest BCUT2D eigenvalue weighted by atomic mass is 79.9. The predicted octanol–water partition coefficient (Wildman–Crippen LogP) is 5.16. The van der Waals surface area contributed by atoms with Crippen molar-refractivity contribution in [1.29, 1.82) is 0 Å². The van der Waals surface area contributed by atoms with Crippen molar-refractivity contribution in [3.05, 3.63) is 35.4 Å². The van der Waals surface area contributed by atoms with Gasteiger partial charge in [0.2, 0.25) is 0 Å². The molecule has 0 spiro atoms. The maximum absolute atomic E-state index is 3.80. The van der Waals surface area contributed by atoms with Crippen molar-refractivity contribution in [2.24, 2.45) is 0 Å². The molecule has 0 bridgehead atoms. The number of halogens is 1. The van der Waals surface area contributed by atoms with Crippen LogP contribution in [0, 0.1) is 0 Å². The van der Waals surface area contributed by atoms with E-state index in [1.165, 1.54) is 38.5 Å². The Morgan fingerprint density at radius 1 is 1.18 bits per heavy atom. The van der Waals surface area contributed by atoms with E-state index >= 15 is 0 Å². The highest BCUT2D eigenvalue weighted by molar-refractivity contribution is 9.09. The molecule has 2 atom stereocenters. The first-order valence-corrected chi connectivity index (χ1v) is 7.84. The number of hydrogen-bond donors (Lipinski definition) is 0. The lowest BCUT2D eigenvalue weighted by Crippen LogP contribution is -2.23. The van der Waals surface area contributed by atoms with Crippen LogP contribution in [-0.4, -0.2) is 4.83 Å². The van der Waals surface area contributed by atoms with Crippen molar-refractivity contribution in [2.45, 2.75) is 61.6 Å². The van der Waals surface area contributed by atoms with Crippen LogP contribution in [0.5, 0.6) is 0 Å². The zero-order chi connectivity index (χ0) is 11.9. The van der Waals surface area contributed by atoms with E-state index in [-0.39, 0.29) is 0 Å². The second-order valence-electron chi connectivity index (χ2n) is 6.12. The SMILES string of the molecule is CC1(c2ccccc2C2CCC2)CCC(Br)C1. The van der Waals surface area contributed by atoms with Crippen LogP contribution in [-0.2, 0) is 5.41 Å². The van der Waals surface area contributed by atoms with E-state index in [4.69, 9.17) is 0 Å². The molecule has 0 N–H and O–H groups in total. The number of alkyl halides is 1. The summed E-state index contributed by atoms with van der Waals surface area (Å²) in [6.45, 7) is 2.46. The summed E-state index contributed by atoms with van der Waals surface area (Å²) >= 11 is 3.80. The van der Waals surface area contributed by atoms with Gasteiger partial charge in [-0.25, -0.2) is 0 Å². The van der Waals surface area contributed by atoms with E-state index in [2.05, 4.69) is 47.1 Å². The van der Waals surface area contributed by atoms with Gasteiger partial charge in [0.1, 0.15) is 0 Å². The second-order valence-corrected chi connectivity index (χ2v) is 7.41. The van der Waals surface area contributed by atoms with Crippen LogP contribution in [0.25, 0.3) is 0 Å². The fourth-order valence-corrected chi connectivity index (χ4v) is 4.48. The molecule has 0 nitrogen and oxygen atoms in total. The van der Waals surface area contributed by atoms with Gasteiger partial charge in [-0.1, -0.05) is 53.5 Å². The fourth-order valence-electron chi connectivity index (χ4n) is 3.53. The number of hydrogen-bond acceptors (Lipinski definition) is 0. The topological polar surface area (TPSA) is 0 Å². The van der Waals surface area contributed by atoms with Gasteiger partial charge in [-0.3, -0.25) is 0 Å². The van der Waals surface area contributed by atoms with Crippen LogP contribution in [0.3, 0.4) is 0 Å². The Kier molecular flexibility index (Phi) is 3.06. The van der Waals surface area contributed by atoms with Crippen LogP contribution < -0.4 is 0 Å². The minimum Gasteiger partial charge on any atom is -0.0890 e. The average molecular weight is 293 g/mol. The van der Waals surface area contributed by atoms with Crippen LogP contribution in [0.2, 0.25) is 0 Å². The molecule has 2 saturated carbocycles. The molecule has 92 valence electrons. The highest BCUT2D eigenvalue weighted by Gasteiger charge is 2.38. The number of benzene rings is 1. The van der Waals surface area contributed by atoms with Gasteiger partial charge in [-0.05, 0) is 54.6 Å². The Hall–Kier alpha value is -0.300. The first kappa shape index (κ1) is 11.8. The molecule has 0 amide bonds. The molecule has 2 fully saturated rings. The molecular formula is C16H21Br. The zero-order valence-corrected chi connectivity index (χ0v) is 12.2. The smallest absolute Gasteiger partial charge is 0.0154 e. The van der Waals surface area contributed by atoms with Gasteiger partial charge in [-0.15, -0.1) is 0 Å². The third-order valence-electron chi connectivity index (χ3n) is 4.84. The normalized spacial score (nSPS) is 33.6. The van der Waals surface area contributed by atoms with Crippen molar-refractivity contribution < 1.29 is 0 Å². The van der Waals surface area contributed by atoms with Crippen molar-refractivity contribution >= 4 is 15.9 Å². The van der Waals surface area contributed by atoms with Gasteiger partial charge in [0.25, 0.3) is 0 Å². The quantitative estimate of drug-likeness (QED) is 0.661. The van der Waals surface area contributed by atoms with Gasteiger partial charge in [0, 0.05) is 4.83 Å². The zero-order valence-electron chi connectivity index (χ0n) is 10.6. The molecule has 0 heterocycles. The summed E-state index contributed by atoms with van der Waals surface area (Å²) in [7, 11) is 0. The Bertz CT molecular complexity index is 408. The molecule has 1 aromatic carbocycles. The molecular weight excluding hydrogens is 272 g/mol. The highest BCUT2D eigenvalue weighted by Crippen LogP contribution is 2.48. The van der Waals surface area contributed by atoms with Crippen LogP contribution in [0.1, 0.15) is 62.5 Å². The van der Waals surface area contributed by atoms with Gasteiger partial charge in [0.15, 0.2) is 0 Å². The summed E-state index contributed by atoms with van der Waals surface area (Å²) < 4.78 is 0. The third-order valence-corrected chi connectivity index (χ3v) is 5.62. The van der Waals surface area contributed by atoms with Crippen molar-refractivity contribution in [3.8, 4) is 0 Å². The fraction of sp³-hybridized carbons (Fsp3) is 0.625. The predicted molar refractivity (Wildman–Crippen MR) is 77.0 cm³/mol. The molecule has 1 heteroatoms. The number of rotatable bonds is 2. The van der Waals surface area contributed by atoms with Crippen LogP contribution >= 0.6 is 15.9 Å². The molecule has 0 aromatic heterocycles.